The van der Waals surface area contributed by atoms with E-state index in [1.165, 1.54) is 11.3 Å². The number of nitrogens with one attached hydrogen (secondary N) is 1. The van der Waals surface area contributed by atoms with E-state index in [0.717, 1.165) is 16.5 Å². The van der Waals surface area contributed by atoms with Crippen LogP contribution in [0.4, 0.5) is 5.13 Å². The standard InChI is InChI=1S/C14H14ClN3O3S2/c1-2-22-14-18-17-13(23-14)16-12(19)8-6-9(15)11-10(7-8)20-4-3-5-21-11/h6-7H,2-5H2,1H3,(H,16,17,19). The van der Waals surface area contributed by atoms with E-state index >= 15 is 0 Å². The Hall–Kier alpha value is -1.51. The lowest BCUT2D eigenvalue weighted by Gasteiger charge is -2.11. The van der Waals surface area contributed by atoms with Gasteiger partial charge in [-0.2, -0.15) is 0 Å². The van der Waals surface area contributed by atoms with Crippen LogP contribution < -0.4 is 14.8 Å². The summed E-state index contributed by atoms with van der Waals surface area (Å²) in [5.41, 5.74) is 0.388. The van der Waals surface area contributed by atoms with Gasteiger partial charge in [-0.3, -0.25) is 10.1 Å². The highest BCUT2D eigenvalue weighted by atomic mass is 35.5. The SMILES string of the molecule is CCSc1nnc(NC(=O)c2cc(Cl)c3c(c2)OCCCO3)s1. The molecule has 9 heteroatoms. The van der Waals surface area contributed by atoms with E-state index in [9.17, 15) is 4.79 Å². The predicted molar refractivity (Wildman–Crippen MR) is 91.3 cm³/mol. The largest absolute Gasteiger partial charge is 0.489 e. The van der Waals surface area contributed by atoms with Crippen LogP contribution in [0, 0.1) is 0 Å². The Morgan fingerprint density at radius 2 is 2.22 bits per heavy atom. The molecule has 3 rings (SSSR count). The van der Waals surface area contributed by atoms with Crippen molar-refractivity contribution in [3.63, 3.8) is 0 Å². The van der Waals surface area contributed by atoms with Crippen LogP contribution in [0.15, 0.2) is 16.5 Å². The molecule has 1 aromatic carbocycles. The maximum absolute atomic E-state index is 12.4. The van der Waals surface area contributed by atoms with Gasteiger partial charge in [-0.25, -0.2) is 0 Å². The molecule has 6 nitrogen and oxygen atoms in total. The van der Waals surface area contributed by atoms with Crippen LogP contribution in [0.25, 0.3) is 0 Å². The summed E-state index contributed by atoms with van der Waals surface area (Å²) < 4.78 is 12.0. The number of carbonyl (C=O) groups excluding carboxylic acids is 1. The second kappa shape index (κ2) is 7.37. The van der Waals surface area contributed by atoms with Crippen molar-refractivity contribution in [2.24, 2.45) is 0 Å². The number of ether oxygens (including phenoxy) is 2. The van der Waals surface area contributed by atoms with Crippen molar-refractivity contribution in [3.05, 3.63) is 22.7 Å². The number of benzene rings is 1. The molecule has 1 aromatic heterocycles. The molecular formula is C14H14ClN3O3S2. The first-order valence-corrected chi connectivity index (χ1v) is 9.22. The number of carbonyl (C=O) groups is 1. The summed E-state index contributed by atoms with van der Waals surface area (Å²) in [5.74, 6) is 1.56. The average molecular weight is 372 g/mol. The number of aromatic nitrogens is 2. The zero-order chi connectivity index (χ0) is 16.2. The van der Waals surface area contributed by atoms with Crippen LogP contribution >= 0.6 is 34.7 Å². The summed E-state index contributed by atoms with van der Waals surface area (Å²) in [6, 6.07) is 3.19. The number of halogens is 1. The van der Waals surface area contributed by atoms with E-state index < -0.39 is 0 Å². The fraction of sp³-hybridized carbons (Fsp3) is 0.357. The second-order valence-corrected chi connectivity index (χ2v) is 7.49. The minimum atomic E-state index is -0.313. The van der Waals surface area contributed by atoms with Gasteiger partial charge >= 0.3 is 0 Å². The van der Waals surface area contributed by atoms with Crippen molar-refractivity contribution in [2.45, 2.75) is 17.7 Å². The number of anilines is 1. The molecule has 0 atom stereocenters. The van der Waals surface area contributed by atoms with Crippen LogP contribution in [-0.4, -0.2) is 35.1 Å². The number of hydrogen-bond donors (Lipinski definition) is 1. The third kappa shape index (κ3) is 3.88. The lowest BCUT2D eigenvalue weighted by molar-refractivity contribution is 0.102. The van der Waals surface area contributed by atoms with Gasteiger partial charge in [-0.05, 0) is 17.9 Å². The summed E-state index contributed by atoms with van der Waals surface area (Å²) in [7, 11) is 0. The Balaban J connectivity index is 1.79. The van der Waals surface area contributed by atoms with Gasteiger partial charge in [-0.15, -0.1) is 10.2 Å². The van der Waals surface area contributed by atoms with Gasteiger partial charge in [-0.1, -0.05) is 41.6 Å². The van der Waals surface area contributed by atoms with Gasteiger partial charge in [0.25, 0.3) is 5.91 Å². The minimum Gasteiger partial charge on any atom is -0.489 e. The number of hydrogen-bond acceptors (Lipinski definition) is 7. The molecule has 1 amide bonds. The van der Waals surface area contributed by atoms with Crippen LogP contribution in [-0.2, 0) is 0 Å². The summed E-state index contributed by atoms with van der Waals surface area (Å²) in [4.78, 5) is 12.4. The highest BCUT2D eigenvalue weighted by molar-refractivity contribution is 8.01. The molecule has 0 saturated carbocycles. The normalized spacial score (nSPS) is 13.5. The monoisotopic (exact) mass is 371 g/mol. The number of amides is 1. The van der Waals surface area contributed by atoms with E-state index in [4.69, 9.17) is 21.1 Å². The first-order valence-electron chi connectivity index (χ1n) is 7.04. The fourth-order valence-electron chi connectivity index (χ4n) is 1.97. The third-order valence-electron chi connectivity index (χ3n) is 2.96. The van der Waals surface area contributed by atoms with Gasteiger partial charge in [0, 0.05) is 12.0 Å². The van der Waals surface area contributed by atoms with E-state index in [0.29, 0.717) is 40.4 Å². The molecule has 0 radical (unpaired) electrons. The summed E-state index contributed by atoms with van der Waals surface area (Å²) >= 11 is 9.11. The molecule has 1 N–H and O–H groups in total. The van der Waals surface area contributed by atoms with Crippen LogP contribution in [0.5, 0.6) is 11.5 Å². The molecule has 0 unspecified atom stereocenters. The van der Waals surface area contributed by atoms with Crippen molar-refractivity contribution >= 4 is 45.7 Å². The van der Waals surface area contributed by atoms with Gasteiger partial charge < -0.3 is 9.47 Å². The number of thioether (sulfide) groups is 1. The Kier molecular flexibility index (Phi) is 5.24. The lowest BCUT2D eigenvalue weighted by atomic mass is 10.2. The first-order chi connectivity index (χ1) is 11.2. The Labute approximate surface area is 146 Å². The van der Waals surface area contributed by atoms with E-state index in [1.54, 1.807) is 23.9 Å². The molecule has 122 valence electrons. The average Bonchev–Trinajstić information content (AvgIpc) is 2.82. The molecule has 2 heterocycles. The van der Waals surface area contributed by atoms with Crippen molar-refractivity contribution in [1.29, 1.82) is 0 Å². The van der Waals surface area contributed by atoms with Gasteiger partial charge in [0.2, 0.25) is 5.13 Å². The molecule has 0 bridgehead atoms. The molecule has 2 aromatic rings. The van der Waals surface area contributed by atoms with Gasteiger partial charge in [0.15, 0.2) is 15.8 Å². The predicted octanol–water partition coefficient (Wildman–Crippen LogP) is 3.72. The molecule has 0 saturated heterocycles. The molecule has 1 aliphatic rings. The van der Waals surface area contributed by atoms with Crippen molar-refractivity contribution in [1.82, 2.24) is 10.2 Å². The van der Waals surface area contributed by atoms with Crippen molar-refractivity contribution in [2.75, 3.05) is 24.3 Å². The zero-order valence-corrected chi connectivity index (χ0v) is 14.7. The molecule has 23 heavy (non-hydrogen) atoms. The van der Waals surface area contributed by atoms with Gasteiger partial charge in [0.1, 0.15) is 0 Å². The summed E-state index contributed by atoms with van der Waals surface area (Å²) in [6.45, 7) is 3.10. The fourth-order valence-corrected chi connectivity index (χ4v) is 3.88. The molecular weight excluding hydrogens is 358 g/mol. The number of fused-ring (bicyclic) bond motifs is 1. The summed E-state index contributed by atoms with van der Waals surface area (Å²) in [6.07, 6.45) is 0.773. The molecule has 0 aliphatic carbocycles. The zero-order valence-electron chi connectivity index (χ0n) is 12.3. The van der Waals surface area contributed by atoms with E-state index in [1.807, 2.05) is 6.92 Å². The Morgan fingerprint density at radius 3 is 3.04 bits per heavy atom. The molecule has 1 aliphatic heterocycles. The van der Waals surface area contributed by atoms with Crippen molar-refractivity contribution < 1.29 is 14.3 Å². The van der Waals surface area contributed by atoms with E-state index in [2.05, 4.69) is 15.5 Å². The van der Waals surface area contributed by atoms with Crippen LogP contribution in [0.3, 0.4) is 0 Å². The maximum Gasteiger partial charge on any atom is 0.257 e. The Morgan fingerprint density at radius 1 is 1.39 bits per heavy atom. The lowest BCUT2D eigenvalue weighted by Crippen LogP contribution is -2.12. The van der Waals surface area contributed by atoms with Gasteiger partial charge in [0.05, 0.1) is 18.2 Å². The second-order valence-electron chi connectivity index (χ2n) is 4.60. The maximum atomic E-state index is 12.4. The smallest absolute Gasteiger partial charge is 0.257 e. The highest BCUT2D eigenvalue weighted by Gasteiger charge is 2.19. The minimum absolute atomic E-state index is 0.313. The van der Waals surface area contributed by atoms with Crippen molar-refractivity contribution in [3.8, 4) is 11.5 Å². The molecule has 0 spiro atoms. The number of rotatable bonds is 4. The van der Waals surface area contributed by atoms with E-state index in [-0.39, 0.29) is 5.91 Å². The number of nitrogens with zero attached hydrogens (tertiary/aromatic N) is 2. The van der Waals surface area contributed by atoms with Crippen LogP contribution in [0.2, 0.25) is 5.02 Å². The first kappa shape index (κ1) is 16.4. The summed E-state index contributed by atoms with van der Waals surface area (Å²) in [5, 5.41) is 11.5. The highest BCUT2D eigenvalue weighted by Crippen LogP contribution is 2.38. The van der Waals surface area contributed by atoms with Crippen LogP contribution in [0.1, 0.15) is 23.7 Å². The quantitative estimate of drug-likeness (QED) is 0.652. The molecule has 0 fully saturated rings. The third-order valence-corrected chi connectivity index (χ3v) is 5.09. The topological polar surface area (TPSA) is 73.3 Å². The Bertz CT molecular complexity index is 723.